The highest BCUT2D eigenvalue weighted by molar-refractivity contribution is 5.66. The van der Waals surface area contributed by atoms with Crippen LogP contribution in [0.15, 0.2) is 24.3 Å². The molecular formula is C27H50O2. The van der Waals surface area contributed by atoms with E-state index in [1.807, 2.05) is 0 Å². The van der Waals surface area contributed by atoms with Gasteiger partial charge in [-0.15, -0.1) is 0 Å². The van der Waals surface area contributed by atoms with Crippen LogP contribution in [0.2, 0.25) is 0 Å². The Labute approximate surface area is 182 Å². The van der Waals surface area contributed by atoms with Crippen molar-refractivity contribution in [1.29, 1.82) is 0 Å². The highest BCUT2D eigenvalue weighted by Gasteiger charge is 1.96. The zero-order valence-corrected chi connectivity index (χ0v) is 19.5. The van der Waals surface area contributed by atoms with Gasteiger partial charge >= 0.3 is 5.97 Å². The summed E-state index contributed by atoms with van der Waals surface area (Å²) in [6.45, 7) is 2.28. The molecular weight excluding hydrogens is 356 g/mol. The second-order valence-electron chi connectivity index (χ2n) is 8.56. The predicted octanol–water partition coefficient (Wildman–Crippen LogP) is 9.40. The predicted molar refractivity (Wildman–Crippen MR) is 129 cm³/mol. The van der Waals surface area contributed by atoms with Crippen LogP contribution in [0.5, 0.6) is 0 Å². The Hall–Kier alpha value is -1.05. The minimum atomic E-state index is -0.658. The van der Waals surface area contributed by atoms with Crippen LogP contribution in [0.4, 0.5) is 0 Å². The summed E-state index contributed by atoms with van der Waals surface area (Å²) in [6.07, 6.45) is 35.5. The van der Waals surface area contributed by atoms with E-state index in [4.69, 9.17) is 5.11 Å². The highest BCUT2D eigenvalue weighted by Crippen LogP contribution is 2.12. The van der Waals surface area contributed by atoms with Crippen LogP contribution in [-0.4, -0.2) is 11.1 Å². The number of allylic oxidation sites excluding steroid dienone is 4. The molecule has 0 aromatic rings. The fraction of sp³-hybridized carbons (Fsp3) is 0.815. The van der Waals surface area contributed by atoms with Crippen LogP contribution < -0.4 is 0 Å². The number of carbonyl (C=O) groups is 1. The fourth-order valence-electron chi connectivity index (χ4n) is 3.68. The Morgan fingerprint density at radius 1 is 0.552 bits per heavy atom. The summed E-state index contributed by atoms with van der Waals surface area (Å²) < 4.78 is 0. The van der Waals surface area contributed by atoms with E-state index in [1.54, 1.807) is 0 Å². The van der Waals surface area contributed by atoms with Crippen molar-refractivity contribution in [2.45, 2.75) is 142 Å². The van der Waals surface area contributed by atoms with Crippen molar-refractivity contribution in [3.05, 3.63) is 24.3 Å². The second-order valence-corrected chi connectivity index (χ2v) is 8.56. The molecule has 0 heterocycles. The maximum Gasteiger partial charge on any atom is 0.303 e. The van der Waals surface area contributed by atoms with Crippen molar-refractivity contribution in [2.75, 3.05) is 0 Å². The number of carboxylic acid groups (broad SMARTS) is 1. The number of rotatable bonds is 23. The third-order valence-electron chi connectivity index (χ3n) is 5.59. The Bertz CT molecular complexity index is 384. The molecule has 1 N–H and O–H groups in total. The summed E-state index contributed by atoms with van der Waals surface area (Å²) in [4.78, 5) is 10.4. The van der Waals surface area contributed by atoms with Crippen molar-refractivity contribution in [3.63, 3.8) is 0 Å². The van der Waals surface area contributed by atoms with Gasteiger partial charge in [0, 0.05) is 6.42 Å². The minimum Gasteiger partial charge on any atom is -0.481 e. The SMILES string of the molecule is CCCCCCCCCCC=CCC=CCCCCCCCCCCCC(=O)O. The van der Waals surface area contributed by atoms with Crippen LogP contribution in [0.25, 0.3) is 0 Å². The average Bonchev–Trinajstić information content (AvgIpc) is 2.71. The number of aliphatic carboxylic acids is 1. The summed E-state index contributed by atoms with van der Waals surface area (Å²) in [6, 6.07) is 0. The lowest BCUT2D eigenvalue weighted by Crippen LogP contribution is -1.93. The standard InChI is InChI=1S/C27H50O2/c1-2-3-4-5-6-7-8-9-10-11-12-13-14-15-16-17-18-19-20-21-22-23-24-25-26-27(28)29/h11-12,14-15H,2-10,13,16-26H2,1H3,(H,28,29). The number of hydrogen-bond donors (Lipinski definition) is 1. The molecule has 0 aromatic carbocycles. The van der Waals surface area contributed by atoms with Crippen molar-refractivity contribution in [3.8, 4) is 0 Å². The van der Waals surface area contributed by atoms with E-state index in [1.165, 1.54) is 109 Å². The van der Waals surface area contributed by atoms with Gasteiger partial charge in [-0.3, -0.25) is 4.79 Å². The van der Waals surface area contributed by atoms with Crippen molar-refractivity contribution >= 4 is 5.97 Å². The van der Waals surface area contributed by atoms with E-state index >= 15 is 0 Å². The van der Waals surface area contributed by atoms with Gasteiger partial charge in [-0.25, -0.2) is 0 Å². The van der Waals surface area contributed by atoms with Gasteiger partial charge in [0.15, 0.2) is 0 Å². The van der Waals surface area contributed by atoms with E-state index in [0.717, 1.165) is 19.3 Å². The van der Waals surface area contributed by atoms with Crippen LogP contribution in [0.3, 0.4) is 0 Å². The minimum absolute atomic E-state index is 0.336. The Morgan fingerprint density at radius 2 is 0.931 bits per heavy atom. The molecule has 0 aliphatic carbocycles. The number of carboxylic acids is 1. The molecule has 0 aliphatic rings. The summed E-state index contributed by atoms with van der Waals surface area (Å²) >= 11 is 0. The van der Waals surface area contributed by atoms with Gasteiger partial charge in [0.25, 0.3) is 0 Å². The van der Waals surface area contributed by atoms with Gasteiger partial charge in [-0.1, -0.05) is 121 Å². The third-order valence-corrected chi connectivity index (χ3v) is 5.59. The molecule has 0 aromatic heterocycles. The third kappa shape index (κ3) is 26.9. The maximum atomic E-state index is 10.4. The second kappa shape index (κ2) is 25.0. The van der Waals surface area contributed by atoms with Crippen LogP contribution in [0, 0.1) is 0 Å². The molecule has 0 atom stereocenters. The molecule has 0 aliphatic heterocycles. The van der Waals surface area contributed by atoms with E-state index in [9.17, 15) is 4.79 Å². The van der Waals surface area contributed by atoms with Crippen molar-refractivity contribution in [1.82, 2.24) is 0 Å². The Morgan fingerprint density at radius 3 is 1.34 bits per heavy atom. The summed E-state index contributed by atoms with van der Waals surface area (Å²) in [5, 5.41) is 8.58. The first kappa shape index (κ1) is 27.9. The number of hydrogen-bond acceptors (Lipinski definition) is 1. The highest BCUT2D eigenvalue weighted by atomic mass is 16.4. The molecule has 0 saturated carbocycles. The molecule has 0 unspecified atom stereocenters. The zero-order chi connectivity index (χ0) is 21.3. The molecule has 170 valence electrons. The maximum absolute atomic E-state index is 10.4. The molecule has 0 bridgehead atoms. The van der Waals surface area contributed by atoms with Crippen molar-refractivity contribution < 1.29 is 9.90 Å². The average molecular weight is 407 g/mol. The molecule has 29 heavy (non-hydrogen) atoms. The quantitative estimate of drug-likeness (QED) is 0.135. The monoisotopic (exact) mass is 406 g/mol. The largest absolute Gasteiger partial charge is 0.481 e. The Balaban J connectivity index is 3.16. The van der Waals surface area contributed by atoms with E-state index in [2.05, 4.69) is 31.2 Å². The topological polar surface area (TPSA) is 37.3 Å². The normalized spacial score (nSPS) is 11.8. The molecule has 0 radical (unpaired) electrons. The van der Waals surface area contributed by atoms with Gasteiger partial charge < -0.3 is 5.11 Å². The van der Waals surface area contributed by atoms with Crippen molar-refractivity contribution in [2.24, 2.45) is 0 Å². The molecule has 0 spiro atoms. The lowest BCUT2D eigenvalue weighted by molar-refractivity contribution is -0.137. The first-order valence-electron chi connectivity index (χ1n) is 12.8. The summed E-state index contributed by atoms with van der Waals surface area (Å²) in [5.74, 6) is -0.658. The number of unbranched alkanes of at least 4 members (excludes halogenated alkanes) is 17. The summed E-state index contributed by atoms with van der Waals surface area (Å²) in [7, 11) is 0. The van der Waals surface area contributed by atoms with E-state index < -0.39 is 5.97 Å². The van der Waals surface area contributed by atoms with Gasteiger partial charge in [0.1, 0.15) is 0 Å². The lowest BCUT2D eigenvalue weighted by atomic mass is 10.1. The molecule has 2 heteroatoms. The Kier molecular flexibility index (Phi) is 24.1. The molecule has 0 fully saturated rings. The van der Waals surface area contributed by atoms with Crippen LogP contribution in [0.1, 0.15) is 142 Å². The first-order chi connectivity index (χ1) is 14.3. The van der Waals surface area contributed by atoms with Gasteiger partial charge in [0.05, 0.1) is 0 Å². The lowest BCUT2D eigenvalue weighted by Gasteiger charge is -2.01. The molecule has 0 rings (SSSR count). The summed E-state index contributed by atoms with van der Waals surface area (Å²) in [5.41, 5.74) is 0. The smallest absolute Gasteiger partial charge is 0.303 e. The molecule has 0 amide bonds. The van der Waals surface area contributed by atoms with E-state index in [0.29, 0.717) is 6.42 Å². The molecule has 2 nitrogen and oxygen atoms in total. The fourth-order valence-corrected chi connectivity index (χ4v) is 3.68. The van der Waals surface area contributed by atoms with Gasteiger partial charge in [-0.05, 0) is 38.5 Å². The van der Waals surface area contributed by atoms with E-state index in [-0.39, 0.29) is 0 Å². The van der Waals surface area contributed by atoms with Crippen LogP contribution in [-0.2, 0) is 4.79 Å². The van der Waals surface area contributed by atoms with Crippen LogP contribution >= 0.6 is 0 Å². The van der Waals surface area contributed by atoms with Gasteiger partial charge in [-0.2, -0.15) is 0 Å². The molecule has 0 saturated heterocycles. The van der Waals surface area contributed by atoms with Gasteiger partial charge in [0.2, 0.25) is 0 Å². The first-order valence-corrected chi connectivity index (χ1v) is 12.8. The zero-order valence-electron chi connectivity index (χ0n) is 19.5.